The molecule has 7 heteroatoms. The van der Waals surface area contributed by atoms with Crippen LogP contribution in [0.1, 0.15) is 36.0 Å². The van der Waals surface area contributed by atoms with E-state index < -0.39 is 4.92 Å². The minimum Gasteiger partial charge on any atom is -0.393 e. The number of carbonyl (C=O) groups is 1. The lowest BCUT2D eigenvalue weighted by Gasteiger charge is -2.25. The summed E-state index contributed by atoms with van der Waals surface area (Å²) in [7, 11) is 0. The van der Waals surface area contributed by atoms with Crippen LogP contribution in [0.3, 0.4) is 0 Å². The molecule has 6 nitrogen and oxygen atoms in total. The number of non-ortho nitro benzene ring substituents is 1. The maximum absolute atomic E-state index is 12.1. The van der Waals surface area contributed by atoms with E-state index in [1.807, 2.05) is 0 Å². The van der Waals surface area contributed by atoms with Crippen molar-refractivity contribution in [3.63, 3.8) is 0 Å². The number of carbonyl (C=O) groups excluding carboxylic acids is 1. The van der Waals surface area contributed by atoms with E-state index in [4.69, 9.17) is 0 Å². The van der Waals surface area contributed by atoms with E-state index in [0.29, 0.717) is 16.9 Å². The highest BCUT2D eigenvalue weighted by atomic mass is 79.9. The number of rotatable bonds is 4. The van der Waals surface area contributed by atoms with E-state index in [0.717, 1.165) is 25.7 Å². The monoisotopic (exact) mass is 356 g/mol. The second kappa shape index (κ2) is 7.00. The molecule has 114 valence electrons. The largest absolute Gasteiger partial charge is 0.393 e. The van der Waals surface area contributed by atoms with Crippen LogP contribution in [0.25, 0.3) is 0 Å². The molecule has 2 N–H and O–H groups in total. The molecule has 0 aliphatic heterocycles. The molecule has 1 fully saturated rings. The van der Waals surface area contributed by atoms with Crippen LogP contribution in [0.2, 0.25) is 0 Å². The van der Waals surface area contributed by atoms with Gasteiger partial charge in [0.2, 0.25) is 0 Å². The average molecular weight is 357 g/mol. The molecule has 0 heterocycles. The molecular formula is C14H17BrN2O4. The first-order valence-electron chi connectivity index (χ1n) is 6.87. The van der Waals surface area contributed by atoms with Crippen molar-refractivity contribution in [3.8, 4) is 0 Å². The third-order valence-corrected chi connectivity index (χ3v) is 4.46. The van der Waals surface area contributed by atoms with Gasteiger partial charge in [-0.15, -0.1) is 0 Å². The van der Waals surface area contributed by atoms with Crippen molar-refractivity contribution < 1.29 is 14.8 Å². The van der Waals surface area contributed by atoms with Crippen LogP contribution in [0.15, 0.2) is 22.7 Å². The molecule has 0 aromatic heterocycles. The summed E-state index contributed by atoms with van der Waals surface area (Å²) >= 11 is 3.24. The molecule has 1 amide bonds. The summed E-state index contributed by atoms with van der Waals surface area (Å²) in [6, 6.07) is 4.12. The molecule has 1 aliphatic carbocycles. The standard InChI is InChI=1S/C14H17BrN2O4/c15-13-6-3-10(17(20)21)7-12(13)14(19)16-8-9-1-4-11(18)5-2-9/h3,6-7,9,11,18H,1-2,4-5,8H2,(H,16,19). The van der Waals surface area contributed by atoms with Crippen LogP contribution in [0.5, 0.6) is 0 Å². The number of nitro benzene ring substituents is 1. The number of benzene rings is 1. The highest BCUT2D eigenvalue weighted by molar-refractivity contribution is 9.10. The van der Waals surface area contributed by atoms with Gasteiger partial charge in [0.05, 0.1) is 16.6 Å². The number of hydrogen-bond donors (Lipinski definition) is 2. The quantitative estimate of drug-likeness (QED) is 0.640. The third kappa shape index (κ3) is 4.25. The highest BCUT2D eigenvalue weighted by Crippen LogP contribution is 2.25. The van der Waals surface area contributed by atoms with Crippen LogP contribution in [0.4, 0.5) is 5.69 Å². The van der Waals surface area contributed by atoms with Crippen LogP contribution in [-0.2, 0) is 0 Å². The van der Waals surface area contributed by atoms with E-state index in [1.165, 1.54) is 18.2 Å². The molecule has 0 radical (unpaired) electrons. The van der Waals surface area contributed by atoms with Gasteiger partial charge in [-0.2, -0.15) is 0 Å². The molecule has 0 saturated heterocycles. The van der Waals surface area contributed by atoms with E-state index >= 15 is 0 Å². The Hall–Kier alpha value is -1.47. The van der Waals surface area contributed by atoms with Crippen molar-refractivity contribution in [3.05, 3.63) is 38.3 Å². The summed E-state index contributed by atoms with van der Waals surface area (Å²) in [6.07, 6.45) is 3.08. The van der Waals surface area contributed by atoms with Crippen molar-refractivity contribution >= 4 is 27.5 Å². The van der Waals surface area contributed by atoms with Gasteiger partial charge in [-0.05, 0) is 53.6 Å². The molecule has 2 rings (SSSR count). The summed E-state index contributed by atoms with van der Waals surface area (Å²) < 4.78 is 0.532. The Balaban J connectivity index is 1.97. The Morgan fingerprint density at radius 3 is 2.67 bits per heavy atom. The highest BCUT2D eigenvalue weighted by Gasteiger charge is 2.21. The minimum atomic E-state index is -0.522. The maximum atomic E-state index is 12.1. The molecule has 1 saturated carbocycles. The lowest BCUT2D eigenvalue weighted by atomic mass is 9.87. The Bertz CT molecular complexity index is 542. The third-order valence-electron chi connectivity index (χ3n) is 3.77. The van der Waals surface area contributed by atoms with Gasteiger partial charge in [0.15, 0.2) is 0 Å². The fraction of sp³-hybridized carbons (Fsp3) is 0.500. The number of nitrogens with zero attached hydrogens (tertiary/aromatic N) is 1. The smallest absolute Gasteiger partial charge is 0.270 e. The van der Waals surface area contributed by atoms with Crippen molar-refractivity contribution in [2.24, 2.45) is 5.92 Å². The minimum absolute atomic E-state index is 0.107. The SMILES string of the molecule is O=C(NCC1CCC(O)CC1)c1cc([N+](=O)[O-])ccc1Br. The molecule has 21 heavy (non-hydrogen) atoms. The van der Waals surface area contributed by atoms with E-state index in [9.17, 15) is 20.0 Å². The predicted molar refractivity (Wildman–Crippen MR) is 81.1 cm³/mol. The summed E-state index contributed by atoms with van der Waals surface area (Å²) in [5.74, 6) is 0.0338. The molecule has 0 unspecified atom stereocenters. The molecular weight excluding hydrogens is 340 g/mol. The van der Waals surface area contributed by atoms with Crippen molar-refractivity contribution in [1.29, 1.82) is 0 Å². The fourth-order valence-corrected chi connectivity index (χ4v) is 2.91. The number of nitrogens with one attached hydrogen (secondary N) is 1. The van der Waals surface area contributed by atoms with Crippen LogP contribution in [-0.4, -0.2) is 28.6 Å². The van der Waals surface area contributed by atoms with Gasteiger partial charge in [0.25, 0.3) is 11.6 Å². The Kier molecular flexibility index (Phi) is 5.30. The number of aliphatic hydroxyl groups excluding tert-OH is 1. The van der Waals surface area contributed by atoms with E-state index in [-0.39, 0.29) is 23.3 Å². The van der Waals surface area contributed by atoms with Gasteiger partial charge in [0, 0.05) is 23.2 Å². The fourth-order valence-electron chi connectivity index (χ4n) is 2.48. The maximum Gasteiger partial charge on any atom is 0.270 e. The molecule has 0 spiro atoms. The molecule has 1 aliphatic rings. The van der Waals surface area contributed by atoms with Crippen molar-refractivity contribution in [2.75, 3.05) is 6.54 Å². The van der Waals surface area contributed by atoms with Gasteiger partial charge in [-0.1, -0.05) is 0 Å². The van der Waals surface area contributed by atoms with Gasteiger partial charge in [-0.25, -0.2) is 0 Å². The van der Waals surface area contributed by atoms with Crippen molar-refractivity contribution in [2.45, 2.75) is 31.8 Å². The Morgan fingerprint density at radius 1 is 1.38 bits per heavy atom. The number of nitro groups is 1. The zero-order valence-electron chi connectivity index (χ0n) is 11.4. The van der Waals surface area contributed by atoms with Gasteiger partial charge in [-0.3, -0.25) is 14.9 Å². The second-order valence-corrected chi connectivity index (χ2v) is 6.16. The van der Waals surface area contributed by atoms with Gasteiger partial charge < -0.3 is 10.4 Å². The van der Waals surface area contributed by atoms with Gasteiger partial charge in [0.1, 0.15) is 0 Å². The van der Waals surface area contributed by atoms with Crippen molar-refractivity contribution in [1.82, 2.24) is 5.32 Å². The first-order valence-corrected chi connectivity index (χ1v) is 7.67. The molecule has 1 aromatic carbocycles. The first-order chi connectivity index (χ1) is 9.97. The van der Waals surface area contributed by atoms with E-state index in [2.05, 4.69) is 21.2 Å². The number of aliphatic hydroxyl groups is 1. The Morgan fingerprint density at radius 2 is 2.05 bits per heavy atom. The van der Waals surface area contributed by atoms with Gasteiger partial charge >= 0.3 is 0 Å². The normalized spacial score (nSPS) is 21.8. The number of halogens is 1. The summed E-state index contributed by atoms with van der Waals surface area (Å²) in [5, 5.41) is 23.0. The lowest BCUT2D eigenvalue weighted by molar-refractivity contribution is -0.384. The number of hydrogen-bond acceptors (Lipinski definition) is 4. The topological polar surface area (TPSA) is 92.5 Å². The average Bonchev–Trinajstić information content (AvgIpc) is 2.46. The summed E-state index contributed by atoms with van der Waals surface area (Å²) in [6.45, 7) is 0.528. The predicted octanol–water partition coefficient (Wildman–Crippen LogP) is 2.64. The lowest BCUT2D eigenvalue weighted by Crippen LogP contribution is -2.32. The molecule has 0 bridgehead atoms. The van der Waals surface area contributed by atoms with E-state index in [1.54, 1.807) is 0 Å². The first kappa shape index (κ1) is 15.9. The van der Waals surface area contributed by atoms with Crippen LogP contribution in [0, 0.1) is 16.0 Å². The molecule has 0 atom stereocenters. The molecule has 1 aromatic rings. The van der Waals surface area contributed by atoms with Crippen LogP contribution < -0.4 is 5.32 Å². The Labute approximate surface area is 130 Å². The number of amides is 1. The van der Waals surface area contributed by atoms with Crippen LogP contribution >= 0.6 is 15.9 Å². The zero-order chi connectivity index (χ0) is 15.4. The summed E-state index contributed by atoms with van der Waals surface area (Å²) in [4.78, 5) is 22.4. The summed E-state index contributed by atoms with van der Waals surface area (Å²) in [5.41, 5.74) is 0.157. The second-order valence-electron chi connectivity index (χ2n) is 5.31. The zero-order valence-corrected chi connectivity index (χ0v) is 13.0.